The van der Waals surface area contributed by atoms with Gasteiger partial charge in [-0.05, 0) is 49.2 Å². The number of thioether (sulfide) groups is 1. The van der Waals surface area contributed by atoms with E-state index in [1.54, 1.807) is 0 Å². The first-order chi connectivity index (χ1) is 17.2. The monoisotopic (exact) mass is 555 g/mol. The molecule has 0 radical (unpaired) electrons. The van der Waals surface area contributed by atoms with Gasteiger partial charge in [-0.3, -0.25) is 9.69 Å². The molecule has 35 heavy (non-hydrogen) atoms. The second-order valence-corrected chi connectivity index (χ2v) is 10.9. The van der Waals surface area contributed by atoms with E-state index >= 15 is 0 Å². The van der Waals surface area contributed by atoms with Crippen LogP contribution in [0.4, 0.5) is 11.4 Å². The van der Waals surface area contributed by atoms with E-state index in [4.69, 9.17) is 4.42 Å². The number of amides is 1. The molecule has 1 saturated heterocycles. The molecule has 1 aromatic heterocycles. The van der Waals surface area contributed by atoms with E-state index in [0.717, 1.165) is 53.6 Å². The summed E-state index contributed by atoms with van der Waals surface area (Å²) in [6, 6.07) is 16.5. The van der Waals surface area contributed by atoms with Crippen molar-refractivity contribution in [1.82, 2.24) is 15.1 Å². The number of halogens is 1. The maximum Gasteiger partial charge on any atom is 0.277 e. The normalized spacial score (nSPS) is 17.5. The lowest BCUT2D eigenvalue weighted by Crippen LogP contribution is -2.51. The Balaban J connectivity index is 1.15. The Kier molecular flexibility index (Phi) is 8.06. The molecule has 0 atom stereocenters. The minimum Gasteiger partial charge on any atom is -0.411 e. The van der Waals surface area contributed by atoms with Crippen LogP contribution < -0.4 is 10.2 Å². The Morgan fingerprint density at radius 1 is 1.00 bits per heavy atom. The molecule has 1 saturated carbocycles. The minimum absolute atomic E-state index is 0.0910. The number of para-hydroxylation sites is 2. The number of rotatable bonds is 7. The van der Waals surface area contributed by atoms with Crippen molar-refractivity contribution >= 4 is 45.0 Å². The van der Waals surface area contributed by atoms with Crippen LogP contribution in [0.2, 0.25) is 0 Å². The van der Waals surface area contributed by atoms with Gasteiger partial charge in [-0.1, -0.05) is 59.1 Å². The maximum absolute atomic E-state index is 12.7. The van der Waals surface area contributed by atoms with Crippen molar-refractivity contribution in [1.29, 1.82) is 0 Å². The number of hydrogen-bond acceptors (Lipinski definition) is 7. The molecule has 2 aliphatic rings. The summed E-state index contributed by atoms with van der Waals surface area (Å²) in [5, 5.41) is 11.6. The molecule has 0 bridgehead atoms. The highest BCUT2D eigenvalue weighted by molar-refractivity contribution is 9.10. The third kappa shape index (κ3) is 6.26. The molecule has 5 rings (SSSR count). The summed E-state index contributed by atoms with van der Waals surface area (Å²) in [6.07, 6.45) is 6.81. The summed E-state index contributed by atoms with van der Waals surface area (Å²) in [7, 11) is 0. The van der Waals surface area contributed by atoms with Crippen LogP contribution in [0.1, 0.15) is 32.1 Å². The second-order valence-electron chi connectivity index (χ2n) is 9.05. The summed E-state index contributed by atoms with van der Waals surface area (Å²) in [5.74, 6) is 0.552. The molecule has 1 aliphatic carbocycles. The molecule has 9 heteroatoms. The molecule has 1 aliphatic heterocycles. The average molecular weight is 557 g/mol. The van der Waals surface area contributed by atoms with Crippen molar-refractivity contribution in [3.63, 3.8) is 0 Å². The molecule has 7 nitrogen and oxygen atoms in total. The predicted molar refractivity (Wildman–Crippen MR) is 144 cm³/mol. The predicted octanol–water partition coefficient (Wildman–Crippen LogP) is 5.68. The van der Waals surface area contributed by atoms with Gasteiger partial charge in [0.25, 0.3) is 5.22 Å². The lowest BCUT2D eigenvalue weighted by Gasteiger charge is -2.42. The molecular formula is C26H30BrN5O2S. The first-order valence-corrected chi connectivity index (χ1v) is 14.0. The molecule has 0 spiro atoms. The van der Waals surface area contributed by atoms with E-state index in [1.165, 1.54) is 43.9 Å². The van der Waals surface area contributed by atoms with Crippen LogP contribution in [-0.4, -0.2) is 59.0 Å². The van der Waals surface area contributed by atoms with Crippen LogP contribution in [0, 0.1) is 0 Å². The van der Waals surface area contributed by atoms with Crippen molar-refractivity contribution in [3.8, 4) is 11.5 Å². The Hall–Kier alpha value is -2.36. The Morgan fingerprint density at radius 2 is 1.74 bits per heavy atom. The quantitative estimate of drug-likeness (QED) is 0.375. The number of benzene rings is 2. The van der Waals surface area contributed by atoms with Gasteiger partial charge in [-0.15, -0.1) is 10.2 Å². The number of carbonyl (C=O) groups excluding carboxylic acids is 1. The third-order valence-electron chi connectivity index (χ3n) is 6.75. The second kappa shape index (κ2) is 11.6. The van der Waals surface area contributed by atoms with Gasteiger partial charge in [-0.2, -0.15) is 0 Å². The summed E-state index contributed by atoms with van der Waals surface area (Å²) < 4.78 is 6.71. The van der Waals surface area contributed by atoms with Gasteiger partial charge in [0.2, 0.25) is 11.8 Å². The SMILES string of the molecule is O=C(CSc1nnc(-c2ccc(Br)cc2)o1)Nc1ccccc1N1CCN(C2CCCCC2)CC1. The molecule has 2 heterocycles. The number of carbonyl (C=O) groups is 1. The Bertz CT molecular complexity index is 1120. The van der Waals surface area contributed by atoms with Gasteiger partial charge in [-0.25, -0.2) is 0 Å². The number of anilines is 2. The third-order valence-corrected chi connectivity index (χ3v) is 8.10. The molecule has 3 aromatic rings. The highest BCUT2D eigenvalue weighted by Crippen LogP contribution is 2.30. The van der Waals surface area contributed by atoms with E-state index in [2.05, 4.69) is 47.3 Å². The zero-order valence-corrected chi connectivity index (χ0v) is 22.1. The van der Waals surface area contributed by atoms with E-state index in [9.17, 15) is 4.79 Å². The first-order valence-electron chi connectivity index (χ1n) is 12.3. The fraction of sp³-hybridized carbons (Fsp3) is 0.423. The molecule has 1 amide bonds. The fourth-order valence-corrected chi connectivity index (χ4v) is 5.75. The highest BCUT2D eigenvalue weighted by Gasteiger charge is 2.26. The smallest absolute Gasteiger partial charge is 0.277 e. The van der Waals surface area contributed by atoms with Crippen LogP contribution in [0.25, 0.3) is 11.5 Å². The lowest BCUT2D eigenvalue weighted by atomic mass is 9.94. The zero-order valence-electron chi connectivity index (χ0n) is 19.7. The van der Waals surface area contributed by atoms with E-state index in [0.29, 0.717) is 11.1 Å². The maximum atomic E-state index is 12.7. The number of hydrogen-bond donors (Lipinski definition) is 1. The zero-order chi connectivity index (χ0) is 24.0. The van der Waals surface area contributed by atoms with Crippen LogP contribution in [0.15, 0.2) is 62.6 Å². The van der Waals surface area contributed by atoms with Gasteiger partial charge >= 0.3 is 0 Å². The summed E-state index contributed by atoms with van der Waals surface area (Å²) in [5.41, 5.74) is 2.78. The Labute approximate surface area is 218 Å². The average Bonchev–Trinajstić information content (AvgIpc) is 3.38. The van der Waals surface area contributed by atoms with Gasteiger partial charge in [0, 0.05) is 42.3 Å². The van der Waals surface area contributed by atoms with E-state index < -0.39 is 0 Å². The molecular weight excluding hydrogens is 526 g/mol. The van der Waals surface area contributed by atoms with Crippen molar-refractivity contribution in [3.05, 3.63) is 53.0 Å². The summed E-state index contributed by atoms with van der Waals surface area (Å²) in [6.45, 7) is 4.14. The largest absolute Gasteiger partial charge is 0.411 e. The number of nitrogens with zero attached hydrogens (tertiary/aromatic N) is 4. The van der Waals surface area contributed by atoms with Crippen LogP contribution in [-0.2, 0) is 4.79 Å². The van der Waals surface area contributed by atoms with Crippen molar-refractivity contribution in [2.45, 2.75) is 43.4 Å². The fourth-order valence-electron chi connectivity index (χ4n) is 4.92. The van der Waals surface area contributed by atoms with Crippen LogP contribution in [0.3, 0.4) is 0 Å². The van der Waals surface area contributed by atoms with Crippen molar-refractivity contribution in [2.24, 2.45) is 0 Å². The molecule has 2 fully saturated rings. The molecule has 1 N–H and O–H groups in total. The lowest BCUT2D eigenvalue weighted by molar-refractivity contribution is -0.113. The minimum atomic E-state index is -0.0910. The Morgan fingerprint density at radius 3 is 2.51 bits per heavy atom. The standard InChI is InChI=1S/C26H30BrN5O2S/c27-20-12-10-19(11-13-20)25-29-30-26(34-25)35-18-24(33)28-22-8-4-5-9-23(22)32-16-14-31(15-17-32)21-6-2-1-3-7-21/h4-5,8-13,21H,1-3,6-7,14-18H2,(H,28,33). The topological polar surface area (TPSA) is 74.5 Å². The van der Waals surface area contributed by atoms with Gasteiger partial charge in [0.05, 0.1) is 17.1 Å². The summed E-state index contributed by atoms with van der Waals surface area (Å²) >= 11 is 4.66. The van der Waals surface area contributed by atoms with Gasteiger partial charge < -0.3 is 14.6 Å². The van der Waals surface area contributed by atoms with Crippen LogP contribution >= 0.6 is 27.7 Å². The van der Waals surface area contributed by atoms with Crippen LogP contribution in [0.5, 0.6) is 0 Å². The van der Waals surface area contributed by atoms with E-state index in [1.807, 2.05) is 42.5 Å². The molecule has 0 unspecified atom stereocenters. The van der Waals surface area contributed by atoms with E-state index in [-0.39, 0.29) is 11.7 Å². The number of piperazine rings is 1. The van der Waals surface area contributed by atoms with Gasteiger partial charge in [0.1, 0.15) is 0 Å². The highest BCUT2D eigenvalue weighted by atomic mass is 79.9. The number of nitrogens with one attached hydrogen (secondary N) is 1. The molecule has 184 valence electrons. The van der Waals surface area contributed by atoms with Crippen molar-refractivity contribution < 1.29 is 9.21 Å². The first kappa shape index (κ1) is 24.3. The van der Waals surface area contributed by atoms with Crippen molar-refractivity contribution in [2.75, 3.05) is 42.1 Å². The molecule has 2 aromatic carbocycles. The summed E-state index contributed by atoms with van der Waals surface area (Å²) in [4.78, 5) is 17.8. The number of aromatic nitrogens is 2. The van der Waals surface area contributed by atoms with Gasteiger partial charge in [0.15, 0.2) is 0 Å².